The van der Waals surface area contributed by atoms with E-state index in [9.17, 15) is 9.59 Å². The molecule has 1 fully saturated rings. The smallest absolute Gasteiger partial charge is 0.257 e. The van der Waals surface area contributed by atoms with E-state index in [1.165, 1.54) is 0 Å². The zero-order valence-corrected chi connectivity index (χ0v) is 20.5. The molecule has 1 aliphatic rings. The molecule has 0 aliphatic carbocycles. The fourth-order valence-electron chi connectivity index (χ4n) is 3.31. The van der Waals surface area contributed by atoms with Crippen LogP contribution in [0, 0.1) is 0 Å². The lowest BCUT2D eigenvalue weighted by Gasteiger charge is -2.32. The van der Waals surface area contributed by atoms with Gasteiger partial charge in [0.05, 0.1) is 17.3 Å². The molecule has 3 rings (SSSR count). The van der Waals surface area contributed by atoms with E-state index < -0.39 is 0 Å². The number of hydrogen-bond acceptors (Lipinski definition) is 5. The van der Waals surface area contributed by atoms with Gasteiger partial charge in [-0.15, -0.1) is 0 Å². The van der Waals surface area contributed by atoms with Crippen molar-refractivity contribution in [2.45, 2.75) is 19.8 Å². The molecular weight excluding hydrogens is 460 g/mol. The predicted molar refractivity (Wildman–Crippen MR) is 135 cm³/mol. The third kappa shape index (κ3) is 7.15. The van der Waals surface area contributed by atoms with Crippen LogP contribution in [0.4, 0.5) is 5.69 Å². The van der Waals surface area contributed by atoms with Gasteiger partial charge in [0.25, 0.3) is 11.8 Å². The Balaban J connectivity index is 1.58. The van der Waals surface area contributed by atoms with Crippen molar-refractivity contribution in [1.82, 2.24) is 15.1 Å². The molecule has 2 aromatic rings. The first-order valence-corrected chi connectivity index (χ1v) is 11.8. The second-order valence-corrected chi connectivity index (χ2v) is 8.74. The van der Waals surface area contributed by atoms with Gasteiger partial charge in [0, 0.05) is 37.3 Å². The number of piperazine rings is 1. The SMILES string of the molecule is CCCCOc1ccc(C(=O)NC(=S)Nc2cc(C(=O)N3CCN(C)CC3)ccc2Cl)cc1. The Labute approximate surface area is 205 Å². The number of amides is 2. The van der Waals surface area contributed by atoms with Crippen LogP contribution in [0.15, 0.2) is 42.5 Å². The van der Waals surface area contributed by atoms with Crippen molar-refractivity contribution in [2.75, 3.05) is 45.2 Å². The van der Waals surface area contributed by atoms with Gasteiger partial charge in [-0.2, -0.15) is 0 Å². The van der Waals surface area contributed by atoms with E-state index in [1.54, 1.807) is 42.5 Å². The monoisotopic (exact) mass is 488 g/mol. The highest BCUT2D eigenvalue weighted by Crippen LogP contribution is 2.24. The van der Waals surface area contributed by atoms with Crippen LogP contribution in [0.1, 0.15) is 40.5 Å². The Hall–Kier alpha value is -2.68. The van der Waals surface area contributed by atoms with Crippen molar-refractivity contribution in [1.29, 1.82) is 0 Å². The van der Waals surface area contributed by atoms with Gasteiger partial charge in [0.15, 0.2) is 5.11 Å². The van der Waals surface area contributed by atoms with Gasteiger partial charge in [-0.3, -0.25) is 14.9 Å². The van der Waals surface area contributed by atoms with Gasteiger partial charge in [0.2, 0.25) is 0 Å². The molecule has 1 saturated heterocycles. The fourth-order valence-corrected chi connectivity index (χ4v) is 3.68. The third-order valence-electron chi connectivity index (χ3n) is 5.36. The Morgan fingerprint density at radius 2 is 1.73 bits per heavy atom. The summed E-state index contributed by atoms with van der Waals surface area (Å²) >= 11 is 11.6. The van der Waals surface area contributed by atoms with Crippen molar-refractivity contribution in [2.24, 2.45) is 0 Å². The maximum atomic E-state index is 12.9. The molecule has 2 amide bonds. The van der Waals surface area contributed by atoms with Crippen molar-refractivity contribution in [3.05, 3.63) is 58.6 Å². The Kier molecular flexibility index (Phi) is 9.05. The first kappa shape index (κ1) is 25.0. The van der Waals surface area contributed by atoms with E-state index in [4.69, 9.17) is 28.6 Å². The minimum absolute atomic E-state index is 0.0565. The average Bonchev–Trinajstić information content (AvgIpc) is 2.81. The lowest BCUT2D eigenvalue weighted by atomic mass is 10.1. The molecule has 0 aromatic heterocycles. The van der Waals surface area contributed by atoms with E-state index in [0.29, 0.717) is 47.3 Å². The minimum Gasteiger partial charge on any atom is -0.494 e. The van der Waals surface area contributed by atoms with Crippen LogP contribution in [0.2, 0.25) is 5.02 Å². The summed E-state index contributed by atoms with van der Waals surface area (Å²) in [4.78, 5) is 29.4. The standard InChI is InChI=1S/C24H29ClN4O3S/c1-3-4-15-32-19-8-5-17(6-9-19)22(30)27-24(33)26-21-16-18(7-10-20(21)25)23(31)29-13-11-28(2)12-14-29/h5-10,16H,3-4,11-15H2,1-2H3,(H2,26,27,30,33). The topological polar surface area (TPSA) is 73.9 Å². The van der Waals surface area contributed by atoms with Gasteiger partial charge in [0.1, 0.15) is 5.75 Å². The molecule has 176 valence electrons. The summed E-state index contributed by atoms with van der Waals surface area (Å²) in [5.41, 5.74) is 1.42. The van der Waals surface area contributed by atoms with Crippen molar-refractivity contribution in [3.8, 4) is 5.75 Å². The molecule has 0 spiro atoms. The van der Waals surface area contributed by atoms with Gasteiger partial charge in [-0.25, -0.2) is 0 Å². The highest BCUT2D eigenvalue weighted by Gasteiger charge is 2.21. The molecular formula is C24H29ClN4O3S. The molecule has 0 bridgehead atoms. The molecule has 1 heterocycles. The summed E-state index contributed by atoms with van der Waals surface area (Å²) in [5.74, 6) is 0.307. The number of anilines is 1. The minimum atomic E-state index is -0.353. The molecule has 0 saturated carbocycles. The molecule has 9 heteroatoms. The quantitative estimate of drug-likeness (QED) is 0.452. The first-order chi connectivity index (χ1) is 15.9. The number of nitrogens with zero attached hydrogens (tertiary/aromatic N) is 2. The number of carbonyl (C=O) groups excluding carboxylic acids is 2. The zero-order chi connectivity index (χ0) is 23.8. The first-order valence-electron chi connectivity index (χ1n) is 11.0. The molecule has 2 N–H and O–H groups in total. The maximum Gasteiger partial charge on any atom is 0.257 e. The Morgan fingerprint density at radius 3 is 2.39 bits per heavy atom. The van der Waals surface area contributed by atoms with E-state index in [-0.39, 0.29) is 16.9 Å². The van der Waals surface area contributed by atoms with Gasteiger partial charge >= 0.3 is 0 Å². The summed E-state index contributed by atoms with van der Waals surface area (Å²) in [5, 5.41) is 6.06. The zero-order valence-electron chi connectivity index (χ0n) is 18.9. The average molecular weight is 489 g/mol. The molecule has 0 radical (unpaired) electrons. The summed E-state index contributed by atoms with van der Waals surface area (Å²) in [6, 6.07) is 11.9. The number of nitrogens with one attached hydrogen (secondary N) is 2. The number of ether oxygens (including phenoxy) is 1. The number of carbonyl (C=O) groups is 2. The van der Waals surface area contributed by atoms with Crippen LogP contribution >= 0.6 is 23.8 Å². The van der Waals surface area contributed by atoms with Crippen LogP contribution in [0.5, 0.6) is 5.75 Å². The molecule has 7 nitrogen and oxygen atoms in total. The Bertz CT molecular complexity index is 992. The molecule has 1 aliphatic heterocycles. The number of unbranched alkanes of at least 4 members (excludes halogenated alkanes) is 1. The second-order valence-electron chi connectivity index (χ2n) is 7.92. The van der Waals surface area contributed by atoms with E-state index in [2.05, 4.69) is 22.5 Å². The fraction of sp³-hybridized carbons (Fsp3) is 0.375. The number of rotatable bonds is 7. The van der Waals surface area contributed by atoms with E-state index in [1.807, 2.05) is 11.9 Å². The lowest BCUT2D eigenvalue weighted by Crippen LogP contribution is -2.47. The van der Waals surface area contributed by atoms with Crippen molar-refractivity contribution in [3.63, 3.8) is 0 Å². The second kappa shape index (κ2) is 12.0. The number of halogens is 1. The van der Waals surface area contributed by atoms with Crippen LogP contribution in [-0.4, -0.2) is 66.6 Å². The lowest BCUT2D eigenvalue weighted by molar-refractivity contribution is 0.0664. The molecule has 0 atom stereocenters. The van der Waals surface area contributed by atoms with E-state index >= 15 is 0 Å². The normalized spacial score (nSPS) is 14.0. The summed E-state index contributed by atoms with van der Waals surface area (Å²) in [6.45, 7) is 5.78. The molecule has 33 heavy (non-hydrogen) atoms. The molecule has 2 aromatic carbocycles. The number of benzene rings is 2. The maximum absolute atomic E-state index is 12.9. The predicted octanol–water partition coefficient (Wildman–Crippen LogP) is 4.03. The van der Waals surface area contributed by atoms with Crippen molar-refractivity contribution < 1.29 is 14.3 Å². The number of thiocarbonyl (C=S) groups is 1. The van der Waals surface area contributed by atoms with Gasteiger partial charge in [-0.05, 0) is 68.2 Å². The van der Waals surface area contributed by atoms with Crippen LogP contribution in [0.25, 0.3) is 0 Å². The molecule has 0 unspecified atom stereocenters. The largest absolute Gasteiger partial charge is 0.494 e. The van der Waals surface area contributed by atoms with Gasteiger partial charge in [-0.1, -0.05) is 24.9 Å². The van der Waals surface area contributed by atoms with E-state index in [0.717, 1.165) is 25.9 Å². The third-order valence-corrected chi connectivity index (χ3v) is 5.90. The van der Waals surface area contributed by atoms with Crippen LogP contribution < -0.4 is 15.4 Å². The summed E-state index contributed by atoms with van der Waals surface area (Å²) in [7, 11) is 2.04. The summed E-state index contributed by atoms with van der Waals surface area (Å²) < 4.78 is 5.62. The Morgan fingerprint density at radius 1 is 1.06 bits per heavy atom. The van der Waals surface area contributed by atoms with Crippen molar-refractivity contribution >= 4 is 46.4 Å². The van der Waals surface area contributed by atoms with Crippen LogP contribution in [-0.2, 0) is 0 Å². The number of likely N-dealkylation sites (N-methyl/N-ethyl adjacent to an activating group) is 1. The highest BCUT2D eigenvalue weighted by molar-refractivity contribution is 7.80. The summed E-state index contributed by atoms with van der Waals surface area (Å²) in [6.07, 6.45) is 2.04. The van der Waals surface area contributed by atoms with Crippen LogP contribution in [0.3, 0.4) is 0 Å². The number of hydrogen-bond donors (Lipinski definition) is 2. The highest BCUT2D eigenvalue weighted by atomic mass is 35.5. The van der Waals surface area contributed by atoms with Gasteiger partial charge < -0.3 is 19.9 Å².